The summed E-state index contributed by atoms with van der Waals surface area (Å²) in [4.78, 5) is 7.44. The normalized spacial score (nSPS) is 19.0. The smallest absolute Gasteiger partial charge is 0.191 e. The van der Waals surface area contributed by atoms with Crippen LogP contribution < -0.4 is 10.6 Å². The van der Waals surface area contributed by atoms with Crippen LogP contribution in [0.4, 0.5) is 0 Å². The molecule has 1 aromatic heterocycles. The molecule has 2 atom stereocenters. The van der Waals surface area contributed by atoms with E-state index in [-0.39, 0.29) is 24.0 Å². The third kappa shape index (κ3) is 7.30. The Bertz CT molecular complexity index is 989. The number of nitrogens with zero attached hydrogens (tertiary/aromatic N) is 4. The highest BCUT2D eigenvalue weighted by molar-refractivity contribution is 14.0. The number of aliphatic imine (C=N–C) groups is 1. The molecule has 1 aliphatic heterocycles. The molecule has 3 aromatic rings. The maximum atomic E-state index is 4.86. The summed E-state index contributed by atoms with van der Waals surface area (Å²) in [5.41, 5.74) is 3.61. The van der Waals surface area contributed by atoms with Gasteiger partial charge >= 0.3 is 0 Å². The van der Waals surface area contributed by atoms with E-state index in [0.29, 0.717) is 18.6 Å². The molecule has 176 valence electrons. The Hall–Kier alpha value is -2.39. The minimum absolute atomic E-state index is 0. The lowest BCUT2D eigenvalue weighted by atomic mass is 9.97. The fourth-order valence-electron chi connectivity index (χ4n) is 4.31. The van der Waals surface area contributed by atoms with Crippen molar-refractivity contribution in [1.82, 2.24) is 25.3 Å². The molecule has 1 saturated heterocycles. The molecule has 0 spiro atoms. The first-order valence-electron chi connectivity index (χ1n) is 11.6. The summed E-state index contributed by atoms with van der Waals surface area (Å²) in [7, 11) is 0. The Kier molecular flexibility index (Phi) is 9.75. The van der Waals surface area contributed by atoms with Crippen molar-refractivity contribution in [3.63, 3.8) is 0 Å². The number of benzene rings is 2. The third-order valence-electron chi connectivity index (χ3n) is 6.03. The Morgan fingerprint density at radius 3 is 2.64 bits per heavy atom. The lowest BCUT2D eigenvalue weighted by Gasteiger charge is -2.38. The van der Waals surface area contributed by atoms with Crippen LogP contribution >= 0.6 is 24.0 Å². The average Bonchev–Trinajstić information content (AvgIpc) is 3.36. The maximum Gasteiger partial charge on any atom is 0.191 e. The second-order valence-electron chi connectivity index (χ2n) is 8.49. The third-order valence-corrected chi connectivity index (χ3v) is 6.03. The lowest BCUT2D eigenvalue weighted by Crippen LogP contribution is -2.51. The number of aromatic nitrogens is 2. The summed E-state index contributed by atoms with van der Waals surface area (Å²) >= 11 is 0. The number of likely N-dealkylation sites (tertiary alicyclic amines) is 1. The van der Waals surface area contributed by atoms with Crippen molar-refractivity contribution in [3.8, 4) is 5.69 Å². The molecular weight excluding hydrogens is 523 g/mol. The molecule has 0 amide bonds. The lowest BCUT2D eigenvalue weighted by molar-refractivity contribution is 0.134. The van der Waals surface area contributed by atoms with E-state index in [0.717, 1.165) is 44.1 Å². The molecule has 0 saturated carbocycles. The number of nitrogens with one attached hydrogen (secondary N) is 2. The molecule has 1 fully saturated rings. The molecule has 7 heteroatoms. The number of hydrogen-bond donors (Lipinski definition) is 2. The second kappa shape index (κ2) is 12.7. The maximum absolute atomic E-state index is 4.86. The second-order valence-corrected chi connectivity index (χ2v) is 8.49. The number of hydrogen-bond acceptors (Lipinski definition) is 3. The van der Waals surface area contributed by atoms with Gasteiger partial charge in [0.2, 0.25) is 0 Å². The fraction of sp³-hybridized carbons (Fsp3) is 0.385. The van der Waals surface area contributed by atoms with E-state index in [4.69, 9.17) is 4.99 Å². The van der Waals surface area contributed by atoms with Crippen LogP contribution in [0.1, 0.15) is 37.8 Å². The van der Waals surface area contributed by atoms with Crippen LogP contribution in [-0.2, 0) is 13.1 Å². The predicted octanol–water partition coefficient (Wildman–Crippen LogP) is 4.60. The fourth-order valence-corrected chi connectivity index (χ4v) is 4.31. The Morgan fingerprint density at radius 2 is 1.91 bits per heavy atom. The van der Waals surface area contributed by atoms with Crippen molar-refractivity contribution >= 4 is 29.9 Å². The van der Waals surface area contributed by atoms with Gasteiger partial charge in [0.15, 0.2) is 5.96 Å². The molecule has 2 heterocycles. The molecular formula is C26H35IN6. The molecule has 2 N–H and O–H groups in total. The Labute approximate surface area is 214 Å². The Morgan fingerprint density at radius 1 is 1.09 bits per heavy atom. The highest BCUT2D eigenvalue weighted by Gasteiger charge is 2.25. The van der Waals surface area contributed by atoms with E-state index >= 15 is 0 Å². The Balaban J connectivity index is 0.00000306. The summed E-state index contributed by atoms with van der Waals surface area (Å²) in [6.45, 7) is 8.05. The standard InChI is InChI=1S/C26H34N6.HI/c1-3-27-26(28-19-23-11-7-12-25(18-23)32-15-8-14-29-32)30-24-13-16-31(21(2)17-24)20-22-9-5-4-6-10-22;/h4-12,14-15,18,21,24H,3,13,16-17,19-20H2,1-2H3,(H2,27,28,30);1H. The van der Waals surface area contributed by atoms with E-state index in [2.05, 4.69) is 89.1 Å². The summed E-state index contributed by atoms with van der Waals surface area (Å²) in [6.07, 6.45) is 5.99. The van der Waals surface area contributed by atoms with E-state index in [9.17, 15) is 0 Å². The zero-order valence-corrected chi connectivity index (χ0v) is 21.9. The van der Waals surface area contributed by atoms with Gasteiger partial charge in [-0.25, -0.2) is 9.67 Å². The van der Waals surface area contributed by atoms with Crippen molar-refractivity contribution in [3.05, 3.63) is 84.2 Å². The van der Waals surface area contributed by atoms with Gasteiger partial charge in [0, 0.05) is 44.1 Å². The van der Waals surface area contributed by atoms with Gasteiger partial charge in [-0.3, -0.25) is 4.90 Å². The van der Waals surface area contributed by atoms with Gasteiger partial charge in [-0.05, 0) is 56.0 Å². The van der Waals surface area contributed by atoms with Crippen LogP contribution in [0.15, 0.2) is 78.0 Å². The van der Waals surface area contributed by atoms with Gasteiger partial charge in [0.25, 0.3) is 0 Å². The molecule has 4 rings (SSSR count). The zero-order chi connectivity index (χ0) is 22.2. The minimum Gasteiger partial charge on any atom is -0.357 e. The number of halogens is 1. The van der Waals surface area contributed by atoms with Crippen LogP contribution in [0.3, 0.4) is 0 Å². The summed E-state index contributed by atoms with van der Waals surface area (Å²) in [5, 5.41) is 11.4. The zero-order valence-electron chi connectivity index (χ0n) is 19.5. The first kappa shape index (κ1) is 25.2. The molecule has 0 radical (unpaired) electrons. The molecule has 6 nitrogen and oxygen atoms in total. The van der Waals surface area contributed by atoms with Gasteiger partial charge in [-0.2, -0.15) is 5.10 Å². The largest absolute Gasteiger partial charge is 0.357 e. The topological polar surface area (TPSA) is 57.5 Å². The van der Waals surface area contributed by atoms with Gasteiger partial charge in [-0.1, -0.05) is 42.5 Å². The van der Waals surface area contributed by atoms with Crippen LogP contribution in [0.25, 0.3) is 5.69 Å². The molecule has 33 heavy (non-hydrogen) atoms. The van der Waals surface area contributed by atoms with E-state index < -0.39 is 0 Å². The first-order chi connectivity index (χ1) is 15.7. The molecule has 2 aromatic carbocycles. The van der Waals surface area contributed by atoms with Crippen molar-refractivity contribution in [2.24, 2.45) is 4.99 Å². The number of piperidine rings is 1. The van der Waals surface area contributed by atoms with E-state index in [1.807, 2.05) is 16.9 Å². The van der Waals surface area contributed by atoms with Crippen molar-refractivity contribution in [2.75, 3.05) is 13.1 Å². The van der Waals surface area contributed by atoms with Gasteiger partial charge in [0.1, 0.15) is 0 Å². The molecule has 1 aliphatic rings. The summed E-state index contributed by atoms with van der Waals surface area (Å²) in [5.74, 6) is 0.894. The quantitative estimate of drug-likeness (QED) is 0.253. The van der Waals surface area contributed by atoms with Crippen LogP contribution in [0.5, 0.6) is 0 Å². The van der Waals surface area contributed by atoms with Gasteiger partial charge in [-0.15, -0.1) is 24.0 Å². The van der Waals surface area contributed by atoms with Crippen molar-refractivity contribution in [1.29, 1.82) is 0 Å². The predicted molar refractivity (Wildman–Crippen MR) is 146 cm³/mol. The molecule has 0 aliphatic carbocycles. The molecule has 2 unspecified atom stereocenters. The van der Waals surface area contributed by atoms with Gasteiger partial charge in [0.05, 0.1) is 12.2 Å². The summed E-state index contributed by atoms with van der Waals surface area (Å²) in [6, 6.07) is 22.1. The van der Waals surface area contributed by atoms with Crippen LogP contribution in [0.2, 0.25) is 0 Å². The summed E-state index contributed by atoms with van der Waals surface area (Å²) < 4.78 is 1.88. The van der Waals surface area contributed by atoms with Crippen LogP contribution in [0, 0.1) is 0 Å². The first-order valence-corrected chi connectivity index (χ1v) is 11.6. The number of guanidine groups is 1. The monoisotopic (exact) mass is 558 g/mol. The number of rotatable bonds is 7. The van der Waals surface area contributed by atoms with E-state index in [1.54, 1.807) is 6.20 Å². The van der Waals surface area contributed by atoms with E-state index in [1.165, 1.54) is 11.1 Å². The SMILES string of the molecule is CCNC(=NCc1cccc(-n2cccn2)c1)NC1CCN(Cc2ccccc2)C(C)C1.I. The van der Waals surface area contributed by atoms with Crippen molar-refractivity contribution < 1.29 is 0 Å². The average molecular weight is 559 g/mol. The minimum atomic E-state index is 0. The van der Waals surface area contributed by atoms with Crippen LogP contribution in [-0.4, -0.2) is 45.8 Å². The van der Waals surface area contributed by atoms with Crippen molar-refractivity contribution in [2.45, 2.75) is 51.9 Å². The highest BCUT2D eigenvalue weighted by Crippen LogP contribution is 2.20. The van der Waals surface area contributed by atoms with Gasteiger partial charge < -0.3 is 10.6 Å². The highest BCUT2D eigenvalue weighted by atomic mass is 127. The molecule has 0 bridgehead atoms.